The fourth-order valence-electron chi connectivity index (χ4n) is 1.34. The monoisotopic (exact) mass is 221 g/mol. The minimum atomic E-state index is -0.669. The molecule has 16 heavy (non-hydrogen) atoms. The van der Waals surface area contributed by atoms with Crippen molar-refractivity contribution in [2.45, 2.75) is 6.92 Å². The van der Waals surface area contributed by atoms with Crippen molar-refractivity contribution in [1.82, 2.24) is 9.78 Å². The minimum Gasteiger partial charge on any atom is -0.258 e. The van der Waals surface area contributed by atoms with Crippen LogP contribution >= 0.6 is 0 Å². The molecule has 0 amide bonds. The van der Waals surface area contributed by atoms with Crippen molar-refractivity contribution in [3.05, 3.63) is 52.1 Å². The highest BCUT2D eigenvalue weighted by Crippen LogP contribution is 2.19. The van der Waals surface area contributed by atoms with Gasteiger partial charge in [0.25, 0.3) is 5.69 Å². The van der Waals surface area contributed by atoms with E-state index in [9.17, 15) is 14.5 Å². The molecule has 1 aromatic heterocycles. The van der Waals surface area contributed by atoms with Crippen molar-refractivity contribution in [3.8, 4) is 5.69 Å². The number of hydrogen-bond acceptors (Lipinski definition) is 3. The molecule has 0 aliphatic carbocycles. The van der Waals surface area contributed by atoms with Crippen molar-refractivity contribution in [2.24, 2.45) is 0 Å². The number of rotatable bonds is 2. The molecular formula is C10H8FN3O2. The number of hydrogen-bond donors (Lipinski definition) is 0. The van der Waals surface area contributed by atoms with E-state index in [0.29, 0.717) is 0 Å². The molecule has 0 aliphatic rings. The van der Waals surface area contributed by atoms with Crippen LogP contribution in [0, 0.1) is 22.9 Å². The number of aryl methyl sites for hydroxylation is 1. The highest BCUT2D eigenvalue weighted by Gasteiger charge is 2.12. The quantitative estimate of drug-likeness (QED) is 0.577. The number of nitro benzene ring substituents is 1. The van der Waals surface area contributed by atoms with Gasteiger partial charge in [0.1, 0.15) is 5.69 Å². The molecule has 1 heterocycles. The first-order chi connectivity index (χ1) is 7.58. The Morgan fingerprint density at radius 3 is 2.75 bits per heavy atom. The number of non-ortho nitro benzene ring substituents is 1. The summed E-state index contributed by atoms with van der Waals surface area (Å²) in [6.07, 6.45) is 3.23. The zero-order valence-corrected chi connectivity index (χ0v) is 8.42. The van der Waals surface area contributed by atoms with Gasteiger partial charge in [-0.1, -0.05) is 0 Å². The molecular weight excluding hydrogens is 213 g/mol. The summed E-state index contributed by atoms with van der Waals surface area (Å²) in [5, 5.41) is 14.3. The largest absolute Gasteiger partial charge is 0.272 e. The molecule has 0 fully saturated rings. The van der Waals surface area contributed by atoms with Gasteiger partial charge in [-0.3, -0.25) is 10.1 Å². The maximum Gasteiger partial charge on any atom is 0.272 e. The van der Waals surface area contributed by atoms with E-state index in [-0.39, 0.29) is 11.4 Å². The Morgan fingerprint density at radius 1 is 1.50 bits per heavy atom. The predicted molar refractivity (Wildman–Crippen MR) is 54.9 cm³/mol. The van der Waals surface area contributed by atoms with Gasteiger partial charge in [0.15, 0.2) is 5.82 Å². The van der Waals surface area contributed by atoms with Crippen LogP contribution in [0.3, 0.4) is 0 Å². The average Bonchev–Trinajstić information content (AvgIpc) is 2.64. The van der Waals surface area contributed by atoms with E-state index in [4.69, 9.17) is 0 Å². The number of halogens is 1. The summed E-state index contributed by atoms with van der Waals surface area (Å²) in [6.45, 7) is 1.83. The Labute approximate surface area is 90.3 Å². The second kappa shape index (κ2) is 3.73. The molecule has 0 saturated carbocycles. The molecule has 2 rings (SSSR count). The third kappa shape index (κ3) is 1.77. The average molecular weight is 221 g/mol. The van der Waals surface area contributed by atoms with E-state index in [0.717, 1.165) is 11.6 Å². The van der Waals surface area contributed by atoms with E-state index >= 15 is 0 Å². The molecule has 0 bridgehead atoms. The lowest BCUT2D eigenvalue weighted by Crippen LogP contribution is -1.99. The molecule has 82 valence electrons. The van der Waals surface area contributed by atoms with Crippen LogP contribution in [-0.2, 0) is 0 Å². The van der Waals surface area contributed by atoms with Crippen LogP contribution < -0.4 is 0 Å². The Bertz CT molecular complexity index is 551. The summed E-state index contributed by atoms with van der Waals surface area (Å²) in [4.78, 5) is 9.78. The number of benzene rings is 1. The van der Waals surface area contributed by atoms with Gasteiger partial charge in [-0.25, -0.2) is 9.07 Å². The molecule has 2 aromatic rings. The standard InChI is InChI=1S/C10H8FN3O2/c1-7-5-12-13(6-7)10-3-2-8(14(15)16)4-9(10)11/h2-6H,1H3. The summed E-state index contributed by atoms with van der Waals surface area (Å²) in [5.41, 5.74) is 0.807. The summed E-state index contributed by atoms with van der Waals surface area (Å²) in [7, 11) is 0. The van der Waals surface area contributed by atoms with Gasteiger partial charge in [-0.05, 0) is 18.6 Å². The van der Waals surface area contributed by atoms with Crippen LogP contribution in [0.1, 0.15) is 5.56 Å². The lowest BCUT2D eigenvalue weighted by atomic mass is 10.2. The first kappa shape index (κ1) is 10.3. The van der Waals surface area contributed by atoms with Crippen molar-refractivity contribution >= 4 is 5.69 Å². The second-order valence-electron chi connectivity index (χ2n) is 3.36. The van der Waals surface area contributed by atoms with E-state index < -0.39 is 10.7 Å². The number of nitro groups is 1. The van der Waals surface area contributed by atoms with Crippen LogP contribution in [0.2, 0.25) is 0 Å². The van der Waals surface area contributed by atoms with Crippen molar-refractivity contribution < 1.29 is 9.31 Å². The van der Waals surface area contributed by atoms with Crippen molar-refractivity contribution in [1.29, 1.82) is 0 Å². The van der Waals surface area contributed by atoms with Crippen LogP contribution in [0.25, 0.3) is 5.69 Å². The Kier molecular flexibility index (Phi) is 2.40. The van der Waals surface area contributed by atoms with E-state index in [2.05, 4.69) is 5.10 Å². The van der Waals surface area contributed by atoms with Crippen LogP contribution in [0.4, 0.5) is 10.1 Å². The molecule has 0 atom stereocenters. The summed E-state index contributed by atoms with van der Waals surface area (Å²) >= 11 is 0. The van der Waals surface area contributed by atoms with Crippen LogP contribution in [0.5, 0.6) is 0 Å². The first-order valence-electron chi connectivity index (χ1n) is 4.53. The Morgan fingerprint density at radius 2 is 2.25 bits per heavy atom. The van der Waals surface area contributed by atoms with Gasteiger partial charge in [0, 0.05) is 12.3 Å². The highest BCUT2D eigenvalue weighted by molar-refractivity contribution is 5.42. The van der Waals surface area contributed by atoms with Gasteiger partial charge in [0.2, 0.25) is 0 Å². The molecule has 0 saturated heterocycles. The number of aromatic nitrogens is 2. The molecule has 5 nitrogen and oxygen atoms in total. The second-order valence-corrected chi connectivity index (χ2v) is 3.36. The first-order valence-corrected chi connectivity index (χ1v) is 4.53. The van der Waals surface area contributed by atoms with Crippen LogP contribution in [0.15, 0.2) is 30.6 Å². The normalized spacial score (nSPS) is 10.4. The van der Waals surface area contributed by atoms with Gasteiger partial charge in [-0.15, -0.1) is 0 Å². The van der Waals surface area contributed by atoms with E-state index in [1.165, 1.54) is 16.8 Å². The third-order valence-corrected chi connectivity index (χ3v) is 2.10. The van der Waals surface area contributed by atoms with E-state index in [1.54, 1.807) is 12.4 Å². The maximum absolute atomic E-state index is 13.5. The van der Waals surface area contributed by atoms with Crippen molar-refractivity contribution in [2.75, 3.05) is 0 Å². The maximum atomic E-state index is 13.5. The smallest absolute Gasteiger partial charge is 0.258 e. The molecule has 0 aliphatic heterocycles. The Balaban J connectivity index is 2.47. The fourth-order valence-corrected chi connectivity index (χ4v) is 1.34. The molecule has 1 aromatic carbocycles. The zero-order valence-electron chi connectivity index (χ0n) is 8.42. The highest BCUT2D eigenvalue weighted by atomic mass is 19.1. The zero-order chi connectivity index (χ0) is 11.7. The van der Waals surface area contributed by atoms with Gasteiger partial charge in [0.05, 0.1) is 17.2 Å². The van der Waals surface area contributed by atoms with Gasteiger partial charge < -0.3 is 0 Å². The molecule has 0 radical (unpaired) electrons. The van der Waals surface area contributed by atoms with Gasteiger partial charge >= 0.3 is 0 Å². The van der Waals surface area contributed by atoms with E-state index in [1.807, 2.05) is 6.92 Å². The fraction of sp³-hybridized carbons (Fsp3) is 0.100. The molecule has 0 spiro atoms. The summed E-state index contributed by atoms with van der Waals surface area (Å²) in [6, 6.07) is 3.46. The van der Waals surface area contributed by atoms with Crippen molar-refractivity contribution in [3.63, 3.8) is 0 Å². The SMILES string of the molecule is Cc1cnn(-c2ccc([N+](=O)[O-])cc2F)c1. The van der Waals surface area contributed by atoms with Crippen LogP contribution in [-0.4, -0.2) is 14.7 Å². The predicted octanol–water partition coefficient (Wildman–Crippen LogP) is 2.23. The minimum absolute atomic E-state index is 0.193. The lowest BCUT2D eigenvalue weighted by Gasteiger charge is -2.02. The van der Waals surface area contributed by atoms with Gasteiger partial charge in [-0.2, -0.15) is 5.10 Å². The summed E-state index contributed by atoms with van der Waals surface area (Å²) < 4.78 is 14.9. The third-order valence-electron chi connectivity index (χ3n) is 2.10. The molecule has 0 N–H and O–H groups in total. The molecule has 6 heteroatoms. The topological polar surface area (TPSA) is 61.0 Å². The molecule has 0 unspecified atom stereocenters. The number of nitrogens with zero attached hydrogens (tertiary/aromatic N) is 3. The Hall–Kier alpha value is -2.24. The summed E-state index contributed by atoms with van der Waals surface area (Å²) in [5.74, 6) is -0.669. The lowest BCUT2D eigenvalue weighted by molar-refractivity contribution is -0.385.